The van der Waals surface area contributed by atoms with E-state index in [-0.39, 0.29) is 29.0 Å². The van der Waals surface area contributed by atoms with Gasteiger partial charge in [0.05, 0.1) is 5.92 Å². The zero-order valence-corrected chi connectivity index (χ0v) is 17.1. The lowest BCUT2D eigenvalue weighted by Crippen LogP contribution is -2.49. The first-order valence-electron chi connectivity index (χ1n) is 8.91. The van der Waals surface area contributed by atoms with Gasteiger partial charge in [-0.2, -0.15) is 0 Å². The highest BCUT2D eigenvalue weighted by Crippen LogP contribution is 2.73. The first-order chi connectivity index (χ1) is 11.1. The molecule has 7 atom stereocenters. The van der Waals surface area contributed by atoms with E-state index in [4.69, 9.17) is 4.74 Å². The van der Waals surface area contributed by atoms with Crippen molar-refractivity contribution in [2.45, 2.75) is 46.6 Å². The van der Waals surface area contributed by atoms with Gasteiger partial charge < -0.3 is 4.74 Å². The van der Waals surface area contributed by atoms with E-state index in [1.807, 2.05) is 6.92 Å². The van der Waals surface area contributed by atoms with Gasteiger partial charge in [-0.1, -0.05) is 38.5 Å². The van der Waals surface area contributed by atoms with E-state index in [0.717, 1.165) is 12.0 Å². The predicted octanol–water partition coefficient (Wildman–Crippen LogP) is 4.31. The van der Waals surface area contributed by atoms with Crippen molar-refractivity contribution in [3.05, 3.63) is 21.3 Å². The van der Waals surface area contributed by atoms with Crippen LogP contribution in [0.5, 0.6) is 0 Å². The van der Waals surface area contributed by atoms with E-state index >= 15 is 0 Å². The molecule has 0 amide bonds. The van der Waals surface area contributed by atoms with Crippen LogP contribution in [-0.4, -0.2) is 17.4 Å². The van der Waals surface area contributed by atoms with Crippen molar-refractivity contribution in [2.24, 2.45) is 40.9 Å². The molecule has 4 aliphatic rings. The topological polar surface area (TPSA) is 43.4 Å². The number of esters is 1. The molecule has 3 aliphatic carbocycles. The molecule has 0 unspecified atom stereocenters. The van der Waals surface area contributed by atoms with Gasteiger partial charge in [0.15, 0.2) is 0 Å². The number of carbonyl (C=O) groups excluding carboxylic acids is 2. The lowest BCUT2D eigenvalue weighted by Gasteiger charge is -2.41. The summed E-state index contributed by atoms with van der Waals surface area (Å²) >= 11 is 2.34. The maximum absolute atomic E-state index is 12.6. The minimum atomic E-state index is -0.683. The highest BCUT2D eigenvalue weighted by molar-refractivity contribution is 14.1. The second-order valence-corrected chi connectivity index (χ2v) is 10.6. The fourth-order valence-electron chi connectivity index (χ4n) is 6.28. The average molecular weight is 440 g/mol. The van der Waals surface area contributed by atoms with E-state index in [2.05, 4.69) is 62.4 Å². The van der Waals surface area contributed by atoms with Crippen LogP contribution in [-0.2, 0) is 14.3 Å². The van der Waals surface area contributed by atoms with Crippen molar-refractivity contribution in [2.75, 3.05) is 0 Å². The minimum Gasteiger partial charge on any atom is -0.451 e. The Morgan fingerprint density at radius 2 is 2.04 bits per heavy atom. The maximum Gasteiger partial charge on any atom is 0.376 e. The summed E-state index contributed by atoms with van der Waals surface area (Å²) in [5, 5.41) is 0. The van der Waals surface area contributed by atoms with E-state index in [1.165, 1.54) is 3.58 Å². The summed E-state index contributed by atoms with van der Waals surface area (Å²) in [4.78, 5) is 24.9. The first kappa shape index (κ1) is 16.8. The smallest absolute Gasteiger partial charge is 0.376 e. The molecule has 0 radical (unpaired) electrons. The fourth-order valence-corrected chi connectivity index (χ4v) is 6.66. The van der Waals surface area contributed by atoms with Crippen LogP contribution in [0.15, 0.2) is 21.3 Å². The number of fused-ring (bicyclic) bond motifs is 1. The Bertz CT molecular complexity index is 700. The molecular formula is C20H25IO3. The molecule has 24 heavy (non-hydrogen) atoms. The number of rotatable bonds is 1. The van der Waals surface area contributed by atoms with Gasteiger partial charge in [-0.3, -0.25) is 4.79 Å². The monoisotopic (exact) mass is 440 g/mol. The molecule has 0 aromatic carbocycles. The number of carbonyl (C=O) groups is 2. The summed E-state index contributed by atoms with van der Waals surface area (Å²) in [7, 11) is 0. The van der Waals surface area contributed by atoms with Crippen LogP contribution in [0.4, 0.5) is 0 Å². The Hall–Kier alpha value is -0.650. The lowest BCUT2D eigenvalue weighted by molar-refractivity contribution is -0.161. The number of Topliss-reactive ketones (excluding diaryl/α,β-unsaturated/α-hetero) is 1. The molecule has 3 nitrogen and oxygen atoms in total. The zero-order valence-electron chi connectivity index (χ0n) is 14.9. The normalized spacial score (nSPS) is 48.9. The van der Waals surface area contributed by atoms with Crippen LogP contribution in [0.1, 0.15) is 41.0 Å². The van der Waals surface area contributed by atoms with Crippen LogP contribution < -0.4 is 0 Å². The van der Waals surface area contributed by atoms with Crippen LogP contribution in [0.3, 0.4) is 0 Å². The van der Waals surface area contributed by atoms with Gasteiger partial charge >= 0.3 is 5.97 Å². The number of ether oxygens (including phenoxy) is 1. The van der Waals surface area contributed by atoms with Crippen LogP contribution in [0, 0.1) is 40.9 Å². The zero-order chi connectivity index (χ0) is 17.6. The third-order valence-corrected chi connectivity index (χ3v) is 7.66. The molecule has 1 spiro atoms. The van der Waals surface area contributed by atoms with Crippen molar-refractivity contribution in [3.8, 4) is 0 Å². The molecule has 0 aromatic heterocycles. The van der Waals surface area contributed by atoms with Crippen LogP contribution in [0.2, 0.25) is 0 Å². The number of halogens is 1. The second-order valence-electron chi connectivity index (χ2n) is 8.92. The Balaban J connectivity index is 1.93. The number of hydrogen-bond acceptors (Lipinski definition) is 3. The van der Waals surface area contributed by atoms with Gasteiger partial charge in [-0.05, 0) is 69.6 Å². The molecule has 4 rings (SSSR count). The first-order valence-corrected chi connectivity index (χ1v) is 9.99. The van der Waals surface area contributed by atoms with Crippen molar-refractivity contribution < 1.29 is 14.3 Å². The van der Waals surface area contributed by atoms with E-state index < -0.39 is 11.6 Å². The van der Waals surface area contributed by atoms with E-state index in [0.29, 0.717) is 17.8 Å². The fraction of sp³-hybridized carbons (Fsp3) is 0.700. The minimum absolute atomic E-state index is 0.124. The average Bonchev–Trinajstić information content (AvgIpc) is 2.76. The third kappa shape index (κ3) is 1.89. The summed E-state index contributed by atoms with van der Waals surface area (Å²) in [6.07, 6.45) is 5.67. The quantitative estimate of drug-likeness (QED) is 0.264. The van der Waals surface area contributed by atoms with Gasteiger partial charge in [0.1, 0.15) is 5.60 Å². The Kier molecular flexibility index (Phi) is 3.47. The summed E-state index contributed by atoms with van der Waals surface area (Å²) in [5.41, 5.74) is 0.599. The number of allylic oxidation sites excluding steroid dienone is 1. The number of ketones is 1. The highest BCUT2D eigenvalue weighted by Gasteiger charge is 2.75. The Morgan fingerprint density at radius 3 is 2.67 bits per heavy atom. The Labute approximate surface area is 157 Å². The SMILES string of the molecule is CC1=C[C@H]2[C@H](C)C[C@@H]3[C@H]([C@H](/C=C(/C)I)[C@]24OC(=O)C(=O)[C@H]14)C3(C)C. The molecule has 1 saturated heterocycles. The van der Waals surface area contributed by atoms with Crippen LogP contribution in [0.25, 0.3) is 0 Å². The summed E-state index contributed by atoms with van der Waals surface area (Å²) < 4.78 is 7.23. The highest BCUT2D eigenvalue weighted by atomic mass is 127. The molecule has 0 bridgehead atoms. The van der Waals surface area contributed by atoms with E-state index in [1.54, 1.807) is 0 Å². The molecule has 0 aromatic rings. The predicted molar refractivity (Wildman–Crippen MR) is 100 cm³/mol. The summed E-state index contributed by atoms with van der Waals surface area (Å²) in [6, 6.07) is 0. The van der Waals surface area contributed by atoms with Gasteiger partial charge in [0.25, 0.3) is 5.78 Å². The maximum atomic E-state index is 12.6. The van der Waals surface area contributed by atoms with Gasteiger partial charge in [0.2, 0.25) is 0 Å². The molecule has 3 fully saturated rings. The third-order valence-electron chi connectivity index (χ3n) is 7.30. The lowest BCUT2D eigenvalue weighted by atomic mass is 9.66. The molecule has 4 heteroatoms. The molecule has 1 heterocycles. The van der Waals surface area contributed by atoms with Crippen LogP contribution >= 0.6 is 22.6 Å². The van der Waals surface area contributed by atoms with Crippen molar-refractivity contribution in [1.82, 2.24) is 0 Å². The summed E-state index contributed by atoms with van der Waals surface area (Å²) in [6.45, 7) is 11.0. The molecule has 130 valence electrons. The Morgan fingerprint density at radius 1 is 1.38 bits per heavy atom. The molecule has 0 N–H and O–H groups in total. The van der Waals surface area contributed by atoms with E-state index in [9.17, 15) is 9.59 Å². The second kappa shape index (κ2) is 4.95. The standard InChI is InChI=1S/C20H25IO3/c1-9-6-13-16(19(13,4)5)14(8-11(3)21)20-12(9)7-10(2)15(20)17(22)18(23)24-20/h7-9,12-16H,6H2,1-5H3/b11-8-/t9-,12+,13-,14+,15+,16-,20-/m1/s1. The molecule has 1 aliphatic heterocycles. The van der Waals surface area contributed by atoms with Gasteiger partial charge in [-0.15, -0.1) is 0 Å². The van der Waals surface area contributed by atoms with Crippen molar-refractivity contribution in [3.63, 3.8) is 0 Å². The largest absolute Gasteiger partial charge is 0.451 e. The summed E-state index contributed by atoms with van der Waals surface area (Å²) in [5.74, 6) is 0.488. The number of hydrogen-bond donors (Lipinski definition) is 0. The molecule has 2 saturated carbocycles. The van der Waals surface area contributed by atoms with Gasteiger partial charge in [-0.25, -0.2) is 4.79 Å². The van der Waals surface area contributed by atoms with Crippen molar-refractivity contribution >= 4 is 34.3 Å². The molecular weight excluding hydrogens is 415 g/mol. The van der Waals surface area contributed by atoms with Gasteiger partial charge in [0, 0.05) is 11.8 Å². The van der Waals surface area contributed by atoms with Crippen molar-refractivity contribution in [1.29, 1.82) is 0 Å².